The fourth-order valence-electron chi connectivity index (χ4n) is 2.38. The third-order valence-corrected chi connectivity index (χ3v) is 5.17. The average molecular weight is 418 g/mol. The SMILES string of the molecule is CN1C(=O)/C(=C/c2ccc(Cl)c([N+](=O)[O-])c2)SC1=Nc1cccc(C(=O)O)c1. The second-order valence-electron chi connectivity index (χ2n) is 5.69. The van der Waals surface area contributed by atoms with Crippen LogP contribution >= 0.6 is 23.4 Å². The molecule has 1 heterocycles. The molecule has 0 bridgehead atoms. The number of nitro benzene ring substituents is 1. The lowest BCUT2D eigenvalue weighted by molar-refractivity contribution is -0.384. The first kappa shape index (κ1) is 19.6. The Morgan fingerprint density at radius 3 is 2.75 bits per heavy atom. The van der Waals surface area contributed by atoms with Crippen molar-refractivity contribution in [2.75, 3.05) is 7.05 Å². The first-order valence-corrected chi connectivity index (χ1v) is 8.99. The number of nitro groups is 1. The number of hydrogen-bond acceptors (Lipinski definition) is 6. The topological polar surface area (TPSA) is 113 Å². The van der Waals surface area contributed by atoms with Gasteiger partial charge in [0.15, 0.2) is 5.17 Å². The van der Waals surface area contributed by atoms with E-state index in [4.69, 9.17) is 16.7 Å². The zero-order chi connectivity index (χ0) is 20.4. The summed E-state index contributed by atoms with van der Waals surface area (Å²) in [6.45, 7) is 0. The number of amides is 1. The van der Waals surface area contributed by atoms with Crippen LogP contribution in [0, 0.1) is 10.1 Å². The van der Waals surface area contributed by atoms with E-state index in [0.717, 1.165) is 11.8 Å². The largest absolute Gasteiger partial charge is 0.478 e. The summed E-state index contributed by atoms with van der Waals surface area (Å²) in [5, 5.41) is 20.5. The van der Waals surface area contributed by atoms with Gasteiger partial charge in [0.1, 0.15) is 5.02 Å². The highest BCUT2D eigenvalue weighted by atomic mass is 35.5. The second-order valence-corrected chi connectivity index (χ2v) is 7.11. The van der Waals surface area contributed by atoms with Gasteiger partial charge in [-0.05, 0) is 47.7 Å². The highest BCUT2D eigenvalue weighted by Gasteiger charge is 2.30. The maximum Gasteiger partial charge on any atom is 0.335 e. The smallest absolute Gasteiger partial charge is 0.335 e. The molecule has 3 rings (SSSR count). The molecule has 1 saturated heterocycles. The second kappa shape index (κ2) is 7.83. The Labute approximate surface area is 168 Å². The maximum absolute atomic E-state index is 12.5. The van der Waals surface area contributed by atoms with Gasteiger partial charge in [-0.15, -0.1) is 0 Å². The molecular formula is C18H12ClN3O5S. The molecule has 0 aliphatic carbocycles. The lowest BCUT2D eigenvalue weighted by atomic mass is 10.2. The number of carbonyl (C=O) groups excluding carboxylic acids is 1. The molecule has 142 valence electrons. The average Bonchev–Trinajstić information content (AvgIpc) is 2.91. The number of carbonyl (C=O) groups is 2. The van der Waals surface area contributed by atoms with Crippen LogP contribution < -0.4 is 0 Å². The molecule has 0 atom stereocenters. The number of carboxylic acid groups (broad SMARTS) is 1. The summed E-state index contributed by atoms with van der Waals surface area (Å²) in [5.41, 5.74) is 0.683. The van der Waals surface area contributed by atoms with Crippen molar-refractivity contribution in [2.45, 2.75) is 0 Å². The summed E-state index contributed by atoms with van der Waals surface area (Å²) < 4.78 is 0. The van der Waals surface area contributed by atoms with Crippen LogP contribution in [-0.2, 0) is 4.79 Å². The minimum atomic E-state index is -1.07. The highest BCUT2D eigenvalue weighted by Crippen LogP contribution is 2.34. The highest BCUT2D eigenvalue weighted by molar-refractivity contribution is 8.18. The fraction of sp³-hybridized carbons (Fsp3) is 0.0556. The van der Waals surface area contributed by atoms with Gasteiger partial charge < -0.3 is 5.11 Å². The van der Waals surface area contributed by atoms with Crippen molar-refractivity contribution >= 4 is 57.9 Å². The Bertz CT molecular complexity index is 1070. The van der Waals surface area contributed by atoms with E-state index in [-0.39, 0.29) is 22.2 Å². The number of halogens is 1. The van der Waals surface area contributed by atoms with Crippen molar-refractivity contribution in [1.29, 1.82) is 0 Å². The lowest BCUT2D eigenvalue weighted by Crippen LogP contribution is -2.23. The molecule has 2 aromatic carbocycles. The van der Waals surface area contributed by atoms with E-state index in [0.29, 0.717) is 21.3 Å². The zero-order valence-electron chi connectivity index (χ0n) is 14.3. The molecular weight excluding hydrogens is 406 g/mol. The summed E-state index contributed by atoms with van der Waals surface area (Å²) in [6, 6.07) is 10.3. The van der Waals surface area contributed by atoms with Gasteiger partial charge in [0.25, 0.3) is 11.6 Å². The predicted octanol–water partition coefficient (Wildman–Crippen LogP) is 4.18. The van der Waals surface area contributed by atoms with Crippen LogP contribution in [-0.4, -0.2) is 39.0 Å². The van der Waals surface area contributed by atoms with Gasteiger partial charge >= 0.3 is 5.97 Å². The first-order valence-electron chi connectivity index (χ1n) is 7.80. The minimum absolute atomic E-state index is 0.00948. The summed E-state index contributed by atoms with van der Waals surface area (Å²) in [4.78, 5) is 40.0. The minimum Gasteiger partial charge on any atom is -0.478 e. The van der Waals surface area contributed by atoms with Crippen molar-refractivity contribution in [1.82, 2.24) is 4.90 Å². The summed E-state index contributed by atoms with van der Waals surface area (Å²) in [6.07, 6.45) is 1.52. The van der Waals surface area contributed by atoms with E-state index in [9.17, 15) is 19.7 Å². The number of aromatic carboxylic acids is 1. The van der Waals surface area contributed by atoms with E-state index in [1.807, 2.05) is 0 Å². The Kier molecular flexibility index (Phi) is 5.48. The summed E-state index contributed by atoms with van der Waals surface area (Å²) in [7, 11) is 1.54. The molecule has 0 spiro atoms. The Morgan fingerprint density at radius 1 is 1.32 bits per heavy atom. The number of thioether (sulfide) groups is 1. The van der Waals surface area contributed by atoms with E-state index < -0.39 is 10.9 Å². The molecule has 10 heteroatoms. The number of benzene rings is 2. The number of nitrogens with zero attached hydrogens (tertiary/aromatic N) is 3. The van der Waals surface area contributed by atoms with Crippen LogP contribution in [0.4, 0.5) is 11.4 Å². The summed E-state index contributed by atoms with van der Waals surface area (Å²) >= 11 is 6.89. The quantitative estimate of drug-likeness (QED) is 0.453. The van der Waals surface area contributed by atoms with Crippen LogP contribution in [0.5, 0.6) is 0 Å². The maximum atomic E-state index is 12.5. The van der Waals surface area contributed by atoms with Crippen molar-refractivity contribution in [3.8, 4) is 0 Å². The Balaban J connectivity index is 1.92. The van der Waals surface area contributed by atoms with Gasteiger partial charge in [-0.25, -0.2) is 9.79 Å². The molecule has 0 unspecified atom stereocenters. The number of carboxylic acids is 1. The van der Waals surface area contributed by atoms with E-state index in [2.05, 4.69) is 4.99 Å². The number of amidine groups is 1. The molecule has 1 fully saturated rings. The van der Waals surface area contributed by atoms with Crippen molar-refractivity contribution in [3.05, 3.63) is 73.6 Å². The van der Waals surface area contributed by atoms with Gasteiger partial charge in [-0.3, -0.25) is 19.8 Å². The molecule has 8 nitrogen and oxygen atoms in total. The lowest BCUT2D eigenvalue weighted by Gasteiger charge is -2.07. The molecule has 0 saturated carbocycles. The molecule has 1 N–H and O–H groups in total. The van der Waals surface area contributed by atoms with E-state index >= 15 is 0 Å². The molecule has 0 radical (unpaired) electrons. The molecule has 1 aliphatic rings. The summed E-state index contributed by atoms with van der Waals surface area (Å²) in [5.74, 6) is -1.40. The zero-order valence-corrected chi connectivity index (χ0v) is 15.9. The third kappa shape index (κ3) is 4.05. The van der Waals surface area contributed by atoms with Gasteiger partial charge in [0, 0.05) is 13.1 Å². The molecule has 1 aliphatic heterocycles. The van der Waals surface area contributed by atoms with Gasteiger partial charge in [-0.2, -0.15) is 0 Å². The van der Waals surface area contributed by atoms with Crippen LogP contribution in [0.15, 0.2) is 52.4 Å². The number of hydrogen-bond donors (Lipinski definition) is 1. The monoisotopic (exact) mass is 417 g/mol. The van der Waals surface area contributed by atoms with Crippen LogP contribution in [0.25, 0.3) is 6.08 Å². The van der Waals surface area contributed by atoms with Crippen molar-refractivity contribution < 1.29 is 19.6 Å². The normalized spacial score (nSPS) is 16.8. The molecule has 28 heavy (non-hydrogen) atoms. The predicted molar refractivity (Wildman–Crippen MR) is 107 cm³/mol. The fourth-order valence-corrected chi connectivity index (χ4v) is 3.55. The van der Waals surface area contributed by atoms with Crippen LogP contribution in [0.3, 0.4) is 0 Å². The number of rotatable bonds is 4. The third-order valence-electron chi connectivity index (χ3n) is 3.79. The van der Waals surface area contributed by atoms with Gasteiger partial charge in [-0.1, -0.05) is 23.7 Å². The van der Waals surface area contributed by atoms with Crippen molar-refractivity contribution in [2.24, 2.45) is 4.99 Å². The van der Waals surface area contributed by atoms with E-state index in [1.165, 1.54) is 35.2 Å². The molecule has 0 aromatic heterocycles. The van der Waals surface area contributed by atoms with Crippen LogP contribution in [0.1, 0.15) is 15.9 Å². The number of likely N-dealkylation sites (N-methyl/N-ethyl adjacent to an activating group) is 1. The van der Waals surface area contributed by atoms with Gasteiger partial charge in [0.2, 0.25) is 0 Å². The molecule has 1 amide bonds. The number of aliphatic imine (C=N–C) groups is 1. The Morgan fingerprint density at radius 2 is 2.07 bits per heavy atom. The standard InChI is InChI=1S/C18H12ClN3O5S/c1-21-16(23)15(8-10-5-6-13(19)14(7-10)22(26)27)28-18(21)20-12-4-2-3-11(9-12)17(24)25/h2-9H,1H3,(H,24,25)/b15-8-,20-18?. The van der Waals surface area contributed by atoms with Gasteiger partial charge in [0.05, 0.1) is 21.1 Å². The Hall–Kier alpha value is -3.17. The van der Waals surface area contributed by atoms with Crippen molar-refractivity contribution in [3.63, 3.8) is 0 Å². The van der Waals surface area contributed by atoms with E-state index in [1.54, 1.807) is 25.2 Å². The first-order chi connectivity index (χ1) is 13.3. The molecule has 2 aromatic rings. The van der Waals surface area contributed by atoms with Crippen LogP contribution in [0.2, 0.25) is 5.02 Å².